The molecular formula is C6H7Cl2NTi. The van der Waals surface area contributed by atoms with Crippen molar-refractivity contribution in [3.8, 4) is 0 Å². The first kappa shape index (κ1) is 13.1. The second-order valence-electron chi connectivity index (χ2n) is 1.51. The number of hydrogen-bond donors (Lipinski definition) is 1. The van der Waals surface area contributed by atoms with Gasteiger partial charge < -0.3 is 24.8 Å². The molecule has 0 aliphatic rings. The standard InChI is InChI=1S/C6H5.2ClH.H2N.Ti/c1-2-4-6-5-3-1;;;;/h1-5H;2*1H;1H2;/q;;;-1;+3/p-2. The summed E-state index contributed by atoms with van der Waals surface area (Å²) in [5.74, 6) is 0. The SMILES string of the molecule is [Cl-].[Cl-].[NH2][Ti+2][c]1ccccc1. The zero-order valence-electron chi connectivity index (χ0n) is 5.22. The molecule has 0 atom stereocenters. The monoisotopic (exact) mass is 211 g/mol. The van der Waals surface area contributed by atoms with Crippen LogP contribution < -0.4 is 32.9 Å². The van der Waals surface area contributed by atoms with Gasteiger partial charge >= 0.3 is 57.8 Å². The molecule has 1 rings (SSSR count). The van der Waals surface area contributed by atoms with Gasteiger partial charge in [-0.3, -0.25) is 0 Å². The fraction of sp³-hybridized carbons (Fsp3) is 0. The second-order valence-corrected chi connectivity index (χ2v) is 2.86. The summed E-state index contributed by atoms with van der Waals surface area (Å²) in [5.41, 5.74) is 0. The summed E-state index contributed by atoms with van der Waals surface area (Å²) >= 11 is -0.304. The molecule has 0 fully saturated rings. The van der Waals surface area contributed by atoms with Gasteiger partial charge in [-0.25, -0.2) is 0 Å². The van der Waals surface area contributed by atoms with E-state index in [1.54, 1.807) is 0 Å². The molecule has 0 unspecified atom stereocenters. The van der Waals surface area contributed by atoms with Gasteiger partial charge in [-0.15, -0.1) is 0 Å². The first-order valence-electron chi connectivity index (χ1n) is 2.45. The van der Waals surface area contributed by atoms with E-state index in [0.717, 1.165) is 0 Å². The van der Waals surface area contributed by atoms with Gasteiger partial charge in [-0.1, -0.05) is 0 Å². The van der Waals surface area contributed by atoms with Gasteiger partial charge in [0.05, 0.1) is 0 Å². The zero-order valence-corrected chi connectivity index (χ0v) is 8.29. The van der Waals surface area contributed by atoms with Crippen molar-refractivity contribution in [1.82, 2.24) is 0 Å². The average molecular weight is 212 g/mol. The molecule has 0 bridgehead atoms. The molecule has 0 amide bonds. The Bertz CT molecular complexity index is 157. The summed E-state index contributed by atoms with van der Waals surface area (Å²) in [6.07, 6.45) is 0. The number of benzene rings is 1. The van der Waals surface area contributed by atoms with E-state index in [-0.39, 0.29) is 44.2 Å². The van der Waals surface area contributed by atoms with E-state index in [2.05, 4.69) is 12.1 Å². The van der Waals surface area contributed by atoms with Crippen molar-refractivity contribution in [2.45, 2.75) is 0 Å². The van der Waals surface area contributed by atoms with Crippen molar-refractivity contribution in [2.24, 2.45) is 4.22 Å². The minimum atomic E-state index is -0.304. The molecule has 2 N–H and O–H groups in total. The molecule has 0 aliphatic heterocycles. The van der Waals surface area contributed by atoms with Crippen LogP contribution in [0.2, 0.25) is 0 Å². The molecular weight excluding hydrogens is 205 g/mol. The van der Waals surface area contributed by atoms with E-state index in [1.807, 2.05) is 18.2 Å². The fourth-order valence-corrected chi connectivity index (χ4v) is 1.14. The topological polar surface area (TPSA) is 26.0 Å². The van der Waals surface area contributed by atoms with E-state index in [0.29, 0.717) is 0 Å². The maximum absolute atomic E-state index is 5.47. The summed E-state index contributed by atoms with van der Waals surface area (Å²) in [5, 5.41) is 0. The molecule has 1 nitrogen and oxygen atoms in total. The molecule has 0 radical (unpaired) electrons. The number of rotatable bonds is 1. The molecule has 0 aliphatic carbocycles. The molecule has 0 saturated heterocycles. The van der Waals surface area contributed by atoms with E-state index in [1.165, 1.54) is 3.87 Å². The Morgan fingerprint density at radius 3 is 1.80 bits per heavy atom. The summed E-state index contributed by atoms with van der Waals surface area (Å²) in [4.78, 5) is 0. The second kappa shape index (κ2) is 7.58. The summed E-state index contributed by atoms with van der Waals surface area (Å²) < 4.78 is 6.79. The Kier molecular flexibility index (Phi) is 9.92. The number of hydrogen-bond acceptors (Lipinski definition) is 1. The van der Waals surface area contributed by atoms with Gasteiger partial charge in [0.1, 0.15) is 0 Å². The zero-order chi connectivity index (χ0) is 5.82. The Hall–Kier alpha value is 0.474. The molecule has 4 heteroatoms. The van der Waals surface area contributed by atoms with Crippen LogP contribution in [0.3, 0.4) is 0 Å². The summed E-state index contributed by atoms with van der Waals surface area (Å²) in [6, 6.07) is 10.2. The molecule has 0 saturated carbocycles. The van der Waals surface area contributed by atoms with Gasteiger partial charge in [0.25, 0.3) is 0 Å². The van der Waals surface area contributed by atoms with Crippen molar-refractivity contribution in [3.05, 3.63) is 30.3 Å². The van der Waals surface area contributed by atoms with Gasteiger partial charge in [-0.05, 0) is 0 Å². The Labute approximate surface area is 82.4 Å². The third kappa shape index (κ3) is 4.32. The number of nitrogens with two attached hydrogens (primary N) is 1. The average Bonchev–Trinajstić information content (AvgIpc) is 1.90. The minimum absolute atomic E-state index is 0. The Morgan fingerprint density at radius 1 is 1.00 bits per heavy atom. The van der Waals surface area contributed by atoms with Crippen molar-refractivity contribution < 1.29 is 44.2 Å². The van der Waals surface area contributed by atoms with Crippen LogP contribution in [0.4, 0.5) is 0 Å². The van der Waals surface area contributed by atoms with Crippen LogP contribution in [0.25, 0.3) is 0 Å². The summed E-state index contributed by atoms with van der Waals surface area (Å²) in [7, 11) is 0. The van der Waals surface area contributed by atoms with Crippen LogP contribution in [-0.4, -0.2) is 0 Å². The normalized spacial score (nSPS) is 6.50. The third-order valence-corrected chi connectivity index (χ3v) is 1.98. The quantitative estimate of drug-likeness (QED) is 0.461. The van der Waals surface area contributed by atoms with Gasteiger partial charge in [0, 0.05) is 0 Å². The molecule has 1 aromatic carbocycles. The molecule has 0 aromatic heterocycles. The van der Waals surface area contributed by atoms with Crippen molar-refractivity contribution in [3.63, 3.8) is 0 Å². The van der Waals surface area contributed by atoms with Crippen molar-refractivity contribution in [1.29, 1.82) is 0 Å². The van der Waals surface area contributed by atoms with Crippen LogP contribution in [0.15, 0.2) is 30.3 Å². The van der Waals surface area contributed by atoms with Crippen molar-refractivity contribution >= 4 is 3.87 Å². The van der Waals surface area contributed by atoms with Gasteiger partial charge in [0.15, 0.2) is 0 Å². The third-order valence-electron chi connectivity index (χ3n) is 0.940. The van der Waals surface area contributed by atoms with E-state index < -0.39 is 0 Å². The van der Waals surface area contributed by atoms with Gasteiger partial charge in [0.2, 0.25) is 0 Å². The van der Waals surface area contributed by atoms with Gasteiger partial charge in [-0.2, -0.15) is 0 Å². The summed E-state index contributed by atoms with van der Waals surface area (Å²) in [6.45, 7) is 0. The number of halogens is 2. The molecule has 0 heterocycles. The van der Waals surface area contributed by atoms with E-state index in [9.17, 15) is 0 Å². The van der Waals surface area contributed by atoms with E-state index in [4.69, 9.17) is 4.22 Å². The molecule has 0 spiro atoms. The fourth-order valence-electron chi connectivity index (χ4n) is 0.534. The van der Waals surface area contributed by atoms with Crippen LogP contribution in [0.1, 0.15) is 0 Å². The molecule has 54 valence electrons. The first-order valence-corrected chi connectivity index (χ1v) is 4.13. The predicted octanol–water partition coefficient (Wildman–Crippen LogP) is -5.72. The Balaban J connectivity index is 0. The maximum atomic E-state index is 5.47. The predicted molar refractivity (Wildman–Crippen MR) is 30.3 cm³/mol. The molecule has 10 heavy (non-hydrogen) atoms. The van der Waals surface area contributed by atoms with Crippen molar-refractivity contribution in [2.75, 3.05) is 0 Å². The first-order chi connectivity index (χ1) is 3.93. The van der Waals surface area contributed by atoms with Crippen LogP contribution >= 0.6 is 0 Å². The van der Waals surface area contributed by atoms with Crippen LogP contribution in [-0.2, 0) is 19.4 Å². The molecule has 1 aromatic rings. The Morgan fingerprint density at radius 2 is 1.50 bits per heavy atom. The van der Waals surface area contributed by atoms with Crippen LogP contribution in [0.5, 0.6) is 0 Å². The van der Waals surface area contributed by atoms with Crippen LogP contribution in [0, 0.1) is 0 Å². The van der Waals surface area contributed by atoms with E-state index >= 15 is 0 Å².